The number of carbonyl (C=O) groups is 1. The monoisotopic (exact) mass is 424 g/mol. The Morgan fingerprint density at radius 2 is 1.83 bits per heavy atom. The highest BCUT2D eigenvalue weighted by molar-refractivity contribution is 7.86. The molecule has 0 aliphatic heterocycles. The SMILES string of the molecule is CC1=CC(S(=O)(=O)O)C(C)(c2ccccc2/C=N/NC(=O)Cc2ccccc2)C=C1. The van der Waals surface area contributed by atoms with Crippen LogP contribution in [0.25, 0.3) is 0 Å². The van der Waals surface area contributed by atoms with Gasteiger partial charge in [0.2, 0.25) is 5.91 Å². The van der Waals surface area contributed by atoms with Gasteiger partial charge >= 0.3 is 0 Å². The van der Waals surface area contributed by atoms with Crippen LogP contribution in [0.15, 0.2) is 83.5 Å². The molecule has 0 fully saturated rings. The van der Waals surface area contributed by atoms with E-state index in [1.807, 2.05) is 36.4 Å². The third-order valence-corrected chi connectivity index (χ3v) is 6.43. The van der Waals surface area contributed by atoms with Gasteiger partial charge < -0.3 is 0 Å². The lowest BCUT2D eigenvalue weighted by molar-refractivity contribution is -0.120. The maximum atomic E-state index is 12.1. The summed E-state index contributed by atoms with van der Waals surface area (Å²) in [7, 11) is -4.34. The normalized spacial score (nSPS) is 21.4. The molecule has 0 radical (unpaired) electrons. The molecule has 2 aromatic rings. The first-order valence-corrected chi connectivity index (χ1v) is 11.0. The second-order valence-corrected chi connectivity index (χ2v) is 9.04. The van der Waals surface area contributed by atoms with Crippen LogP contribution >= 0.6 is 0 Å². The third-order valence-electron chi connectivity index (χ3n) is 5.16. The van der Waals surface area contributed by atoms with E-state index in [9.17, 15) is 17.8 Å². The van der Waals surface area contributed by atoms with Crippen molar-refractivity contribution in [3.63, 3.8) is 0 Å². The molecular weight excluding hydrogens is 400 g/mol. The first-order valence-electron chi connectivity index (χ1n) is 9.49. The average molecular weight is 425 g/mol. The van der Waals surface area contributed by atoms with E-state index >= 15 is 0 Å². The van der Waals surface area contributed by atoms with E-state index in [0.29, 0.717) is 11.1 Å². The molecule has 2 aromatic carbocycles. The Labute approximate surface area is 176 Å². The van der Waals surface area contributed by atoms with Crippen LogP contribution in [0.2, 0.25) is 0 Å². The fraction of sp³-hybridized carbons (Fsp3) is 0.217. The second-order valence-electron chi connectivity index (χ2n) is 7.51. The lowest BCUT2D eigenvalue weighted by Crippen LogP contribution is -2.41. The number of nitrogens with one attached hydrogen (secondary N) is 1. The van der Waals surface area contributed by atoms with E-state index in [1.54, 1.807) is 50.3 Å². The van der Waals surface area contributed by atoms with Gasteiger partial charge in [0.05, 0.1) is 12.6 Å². The fourth-order valence-corrected chi connectivity index (χ4v) is 4.81. The Bertz CT molecular complexity index is 1120. The zero-order chi connectivity index (χ0) is 21.8. The maximum Gasteiger partial charge on any atom is 0.272 e. The van der Waals surface area contributed by atoms with Gasteiger partial charge in [-0.3, -0.25) is 9.35 Å². The number of hydrogen-bond acceptors (Lipinski definition) is 4. The summed E-state index contributed by atoms with van der Waals surface area (Å²) in [4.78, 5) is 12.1. The molecule has 3 rings (SSSR count). The number of carbonyl (C=O) groups excluding carboxylic acids is 1. The minimum atomic E-state index is -4.34. The molecule has 0 heterocycles. The van der Waals surface area contributed by atoms with Crippen molar-refractivity contribution < 1.29 is 17.8 Å². The van der Waals surface area contributed by atoms with Crippen LogP contribution in [-0.4, -0.2) is 30.3 Å². The number of allylic oxidation sites excluding steroid dienone is 3. The van der Waals surface area contributed by atoms with E-state index in [0.717, 1.165) is 11.1 Å². The minimum Gasteiger partial charge on any atom is -0.285 e. The van der Waals surface area contributed by atoms with Gasteiger partial charge in [0, 0.05) is 5.41 Å². The van der Waals surface area contributed by atoms with Gasteiger partial charge in [-0.15, -0.1) is 0 Å². The highest BCUT2D eigenvalue weighted by Gasteiger charge is 2.42. The highest BCUT2D eigenvalue weighted by atomic mass is 32.2. The van der Waals surface area contributed by atoms with E-state index in [2.05, 4.69) is 10.5 Å². The summed E-state index contributed by atoms with van der Waals surface area (Å²) in [6.07, 6.45) is 6.85. The van der Waals surface area contributed by atoms with Crippen LogP contribution in [0.5, 0.6) is 0 Å². The quantitative estimate of drug-likeness (QED) is 0.422. The molecule has 2 N–H and O–H groups in total. The third kappa shape index (κ3) is 4.93. The number of hydrazone groups is 1. The van der Waals surface area contributed by atoms with Crippen molar-refractivity contribution in [2.24, 2.45) is 5.10 Å². The Hall–Kier alpha value is -3.03. The summed E-state index contributed by atoms with van der Waals surface area (Å²) in [5, 5.41) is 2.92. The van der Waals surface area contributed by atoms with Crippen molar-refractivity contribution in [2.45, 2.75) is 30.9 Å². The Morgan fingerprint density at radius 1 is 1.17 bits per heavy atom. The highest BCUT2D eigenvalue weighted by Crippen LogP contribution is 2.38. The van der Waals surface area contributed by atoms with Crippen molar-refractivity contribution in [3.8, 4) is 0 Å². The van der Waals surface area contributed by atoms with Gasteiger partial charge in [-0.1, -0.05) is 85.3 Å². The Morgan fingerprint density at radius 3 is 2.53 bits per heavy atom. The molecule has 6 nitrogen and oxygen atoms in total. The maximum absolute atomic E-state index is 12.1. The van der Waals surface area contributed by atoms with Gasteiger partial charge in [0.15, 0.2) is 0 Å². The van der Waals surface area contributed by atoms with Crippen molar-refractivity contribution in [1.29, 1.82) is 0 Å². The summed E-state index contributed by atoms with van der Waals surface area (Å²) in [6, 6.07) is 16.5. The van der Waals surface area contributed by atoms with Crippen molar-refractivity contribution in [3.05, 3.63) is 95.1 Å². The molecule has 0 aromatic heterocycles. The molecule has 156 valence electrons. The summed E-state index contributed by atoms with van der Waals surface area (Å²) in [6.45, 7) is 3.54. The van der Waals surface area contributed by atoms with Crippen LogP contribution in [0, 0.1) is 0 Å². The lowest BCUT2D eigenvalue weighted by Gasteiger charge is -2.35. The molecule has 0 saturated carbocycles. The molecular formula is C23H24N2O4S. The van der Waals surface area contributed by atoms with Crippen molar-refractivity contribution in [1.82, 2.24) is 5.43 Å². The molecule has 0 bridgehead atoms. The minimum absolute atomic E-state index is 0.204. The Balaban J connectivity index is 1.84. The predicted molar refractivity (Wildman–Crippen MR) is 118 cm³/mol. The Kier molecular flexibility index (Phi) is 6.34. The summed E-state index contributed by atoms with van der Waals surface area (Å²) in [5.74, 6) is -0.256. The number of nitrogens with zero attached hydrogens (tertiary/aromatic N) is 1. The van der Waals surface area contributed by atoms with Crippen LogP contribution < -0.4 is 5.43 Å². The second kappa shape index (κ2) is 8.77. The van der Waals surface area contributed by atoms with E-state index in [1.165, 1.54) is 6.21 Å². The molecule has 1 aliphatic rings. The van der Waals surface area contributed by atoms with Crippen LogP contribution in [-0.2, 0) is 26.7 Å². The van der Waals surface area contributed by atoms with E-state index < -0.39 is 20.8 Å². The van der Waals surface area contributed by atoms with Crippen LogP contribution in [0.4, 0.5) is 0 Å². The van der Waals surface area contributed by atoms with Crippen LogP contribution in [0.3, 0.4) is 0 Å². The number of benzene rings is 2. The lowest BCUT2D eigenvalue weighted by atomic mass is 9.74. The van der Waals surface area contributed by atoms with Gasteiger partial charge in [-0.2, -0.15) is 13.5 Å². The molecule has 2 atom stereocenters. The summed E-state index contributed by atoms with van der Waals surface area (Å²) in [5.41, 5.74) is 4.46. The first-order chi connectivity index (χ1) is 14.2. The van der Waals surface area contributed by atoms with Crippen molar-refractivity contribution >= 4 is 22.2 Å². The number of hydrogen-bond donors (Lipinski definition) is 2. The first kappa shape index (κ1) is 21.7. The van der Waals surface area contributed by atoms with Gasteiger partial charge in [-0.05, 0) is 23.6 Å². The zero-order valence-corrected chi connectivity index (χ0v) is 17.6. The zero-order valence-electron chi connectivity index (χ0n) is 16.8. The molecule has 0 spiro atoms. The predicted octanol–water partition coefficient (Wildman–Crippen LogP) is 3.41. The van der Waals surface area contributed by atoms with Gasteiger partial charge in [-0.25, -0.2) is 5.43 Å². The molecule has 30 heavy (non-hydrogen) atoms. The summed E-state index contributed by atoms with van der Waals surface area (Å²) < 4.78 is 34.0. The smallest absolute Gasteiger partial charge is 0.272 e. The number of amides is 1. The molecule has 2 unspecified atom stereocenters. The molecule has 0 saturated heterocycles. The van der Waals surface area contributed by atoms with Crippen molar-refractivity contribution in [2.75, 3.05) is 0 Å². The molecule has 1 amide bonds. The number of rotatable bonds is 6. The molecule has 1 aliphatic carbocycles. The van der Waals surface area contributed by atoms with Gasteiger partial charge in [0.25, 0.3) is 10.1 Å². The summed E-state index contributed by atoms with van der Waals surface area (Å²) >= 11 is 0. The average Bonchev–Trinajstić information content (AvgIpc) is 2.70. The topological polar surface area (TPSA) is 95.8 Å². The van der Waals surface area contributed by atoms with Crippen LogP contribution in [0.1, 0.15) is 30.5 Å². The standard InChI is InChI=1S/C23H24N2O4S/c1-17-12-13-23(2,21(14-17)30(27,28)29)20-11-7-6-10-19(20)16-24-25-22(26)15-18-8-4-3-5-9-18/h3-14,16,21H,15H2,1-2H3,(H,25,26)(H,27,28,29)/b24-16+. The van der Waals surface area contributed by atoms with E-state index in [-0.39, 0.29) is 12.3 Å². The fourth-order valence-electron chi connectivity index (χ4n) is 3.60. The molecule has 7 heteroatoms. The largest absolute Gasteiger partial charge is 0.285 e. The van der Waals surface area contributed by atoms with Gasteiger partial charge in [0.1, 0.15) is 5.25 Å². The van der Waals surface area contributed by atoms with E-state index in [4.69, 9.17) is 0 Å².